The van der Waals surface area contributed by atoms with Crippen LogP contribution in [0.4, 0.5) is 0 Å². The van der Waals surface area contributed by atoms with E-state index in [9.17, 15) is 71.2 Å². The maximum absolute atomic E-state index is 13.1. The molecule has 5 heterocycles. The van der Waals surface area contributed by atoms with Gasteiger partial charge in [0.15, 0.2) is 37.2 Å². The first kappa shape index (κ1) is 62.8. The second kappa shape index (κ2) is 24.2. The number of aliphatic hydroxyl groups excluding tert-OH is 12. The van der Waals surface area contributed by atoms with Gasteiger partial charge in [-0.25, -0.2) is 0 Å². The summed E-state index contributed by atoms with van der Waals surface area (Å²) in [6.07, 6.45) is -31.0. The van der Waals surface area contributed by atoms with Crippen LogP contribution >= 0.6 is 0 Å². The van der Waals surface area contributed by atoms with Gasteiger partial charge in [0.1, 0.15) is 91.6 Å². The molecule has 0 aromatic rings. The number of rotatable bonds is 14. The molecule has 80 heavy (non-hydrogen) atoms. The highest BCUT2D eigenvalue weighted by atomic mass is 16.8. The maximum atomic E-state index is 13.1. The summed E-state index contributed by atoms with van der Waals surface area (Å²) in [6.45, 7) is 15.1. The Kier molecular flexibility index (Phi) is 19.0. The molecule has 24 nitrogen and oxygen atoms in total. The largest absolute Gasteiger partial charge is 0.393 e. The van der Waals surface area contributed by atoms with Crippen molar-refractivity contribution in [1.82, 2.24) is 0 Å². The van der Waals surface area contributed by atoms with E-state index in [-0.39, 0.29) is 41.3 Å². The topological polar surface area (TPSA) is 372 Å². The Bertz CT molecular complexity index is 2200. The molecule has 3 saturated carbocycles. The molecule has 5 unspecified atom stereocenters. The van der Waals surface area contributed by atoms with Crippen molar-refractivity contribution in [3.05, 3.63) is 23.3 Å². The summed E-state index contributed by atoms with van der Waals surface area (Å²) >= 11 is 0. The van der Waals surface area contributed by atoms with Crippen LogP contribution in [-0.4, -0.2) is 244 Å². The average Bonchev–Trinajstić information content (AvgIpc) is 4.00. The van der Waals surface area contributed by atoms with E-state index in [4.69, 9.17) is 47.4 Å². The number of ketones is 1. The fourth-order valence-corrected chi connectivity index (χ4v) is 15.3. The number of ether oxygens (including phenoxy) is 10. The van der Waals surface area contributed by atoms with E-state index < -0.39 is 177 Å². The van der Waals surface area contributed by atoms with Gasteiger partial charge >= 0.3 is 0 Å². The highest BCUT2D eigenvalue weighted by molar-refractivity contribution is 5.90. The summed E-state index contributed by atoms with van der Waals surface area (Å²) in [5.74, 6) is -0.434. The standard InChI is InChI=1S/C56H90O24/c1-21(2)16-27(58)19-56(9,70)34-11-10-29-28-18-32(31-17-26(57)12-14-54(31,7)30(28)13-15-55(29,34)8)76-51-45(69)46(38(62)25(6)74-51)78-52-47(79-49-43(67)40(64)35(59)22(3)72-49)39(63)33(20-71-52)77-53-48(42(66)37(61)24(5)75-53)80-50-44(68)41(65)36(60)23(4)73-50/h13,16,22-26,28-29,31-53,57,59-70H,10-12,14-15,17-20H2,1-9H3/t22-,23-,24-,25-,26+,28+,29+,31-,32+,33-,34+,35-,36+,37-,38-,39+,40+,41+,42+,43-,44-,45-,46+,47-,48-,49?,50?,51?,52?,53?,54-,55+,56-/m1/s1. The number of carbonyl (C=O) groups excluding carboxylic acids is 1. The van der Waals surface area contributed by atoms with Crippen molar-refractivity contribution in [2.45, 2.75) is 279 Å². The van der Waals surface area contributed by atoms with E-state index in [2.05, 4.69) is 19.9 Å². The van der Waals surface area contributed by atoms with Gasteiger partial charge in [0, 0.05) is 6.42 Å². The SMILES string of the molecule is CC(C)=CC(=O)C[C@@](C)(O)[C@H]1CC[C@H]2[C@@H]3C[C@H](OC4O[C@H](C)[C@@H](O)[C@H](OC5OC[C@@H](OC6O[C@H](C)[C@@H](O)[C@H](O)[C@H]6OC6O[C@H](C)[C@H](O)[C@H](O)[C@H]6O)[C@H](O)[C@H]5OC5O[C@H](C)[C@@H](O)[C@H](O)[C@H]5O)[C@H]4O)[C@H]4C[C@@H](O)CC[C@]4(C)C3=CC[C@@]21C. The van der Waals surface area contributed by atoms with Crippen LogP contribution in [0.25, 0.3) is 0 Å². The predicted octanol–water partition coefficient (Wildman–Crippen LogP) is -1.56. The van der Waals surface area contributed by atoms with Crippen LogP contribution < -0.4 is 0 Å². The molecule has 9 aliphatic rings. The predicted molar refractivity (Wildman–Crippen MR) is 274 cm³/mol. The summed E-state index contributed by atoms with van der Waals surface area (Å²) in [4.78, 5) is 13.1. The molecule has 9 rings (SSSR count). The zero-order valence-electron chi connectivity index (χ0n) is 47.1. The normalized spacial score (nSPS) is 53.4. The first-order chi connectivity index (χ1) is 37.5. The van der Waals surface area contributed by atoms with Gasteiger partial charge in [0.05, 0.1) is 48.8 Å². The third-order valence-electron chi connectivity index (χ3n) is 19.8. The third kappa shape index (κ3) is 11.8. The third-order valence-corrected chi connectivity index (χ3v) is 19.8. The van der Waals surface area contributed by atoms with Gasteiger partial charge in [-0.3, -0.25) is 4.79 Å². The second-order valence-corrected chi connectivity index (χ2v) is 25.7. The highest BCUT2D eigenvalue weighted by Crippen LogP contribution is 2.67. The van der Waals surface area contributed by atoms with Crippen LogP contribution in [0, 0.1) is 34.5 Å². The fourth-order valence-electron chi connectivity index (χ4n) is 15.3. The maximum Gasteiger partial charge on any atom is 0.187 e. The number of fused-ring (bicyclic) bond motifs is 5. The lowest BCUT2D eigenvalue weighted by Gasteiger charge is -2.60. The quantitative estimate of drug-likeness (QED) is 0.0691. The number of allylic oxidation sites excluding steroid dienone is 4. The molecule has 4 aliphatic carbocycles. The van der Waals surface area contributed by atoms with Gasteiger partial charge in [-0.1, -0.05) is 31.1 Å². The molecular formula is C56H90O24. The molecule has 0 aromatic heterocycles. The van der Waals surface area contributed by atoms with Crippen molar-refractivity contribution in [2.75, 3.05) is 6.61 Å². The summed E-state index contributed by atoms with van der Waals surface area (Å²) in [5, 5.41) is 146. The van der Waals surface area contributed by atoms with Crippen LogP contribution in [0.3, 0.4) is 0 Å². The molecule has 0 amide bonds. The van der Waals surface area contributed by atoms with Crippen molar-refractivity contribution in [2.24, 2.45) is 34.5 Å². The molecule has 24 heteroatoms. The van der Waals surface area contributed by atoms with E-state index >= 15 is 0 Å². The van der Waals surface area contributed by atoms with E-state index in [0.29, 0.717) is 38.5 Å². The van der Waals surface area contributed by atoms with Crippen LogP contribution in [0.15, 0.2) is 23.3 Å². The van der Waals surface area contributed by atoms with Gasteiger partial charge in [0.2, 0.25) is 0 Å². The summed E-state index contributed by atoms with van der Waals surface area (Å²) in [7, 11) is 0. The molecule has 0 aromatic carbocycles. The van der Waals surface area contributed by atoms with Crippen molar-refractivity contribution < 1.29 is 119 Å². The van der Waals surface area contributed by atoms with Crippen molar-refractivity contribution in [3.8, 4) is 0 Å². The van der Waals surface area contributed by atoms with Gasteiger partial charge < -0.3 is 114 Å². The van der Waals surface area contributed by atoms with Crippen molar-refractivity contribution >= 4 is 5.78 Å². The lowest BCUT2D eigenvalue weighted by molar-refractivity contribution is -0.397. The molecule has 13 N–H and O–H groups in total. The minimum absolute atomic E-state index is 0.000687. The van der Waals surface area contributed by atoms with E-state index in [1.807, 2.05) is 13.8 Å². The van der Waals surface area contributed by atoms with E-state index in [0.717, 1.165) is 12.0 Å². The molecule has 458 valence electrons. The molecular weight excluding hydrogens is 1060 g/mol. The second-order valence-electron chi connectivity index (χ2n) is 25.7. The Morgan fingerprint density at radius 3 is 1.69 bits per heavy atom. The Morgan fingerprint density at radius 2 is 1.10 bits per heavy atom. The number of hydrogen-bond donors (Lipinski definition) is 13. The average molecular weight is 1150 g/mol. The number of aliphatic hydroxyl groups is 13. The Hall–Kier alpha value is -1.77. The zero-order valence-corrected chi connectivity index (χ0v) is 47.1. The molecule has 0 spiro atoms. The lowest BCUT2D eigenvalue weighted by Crippen LogP contribution is -2.66. The zero-order chi connectivity index (χ0) is 58.4. The smallest absolute Gasteiger partial charge is 0.187 e. The minimum atomic E-state index is -1.90. The Balaban J connectivity index is 0.958. The van der Waals surface area contributed by atoms with Crippen molar-refractivity contribution in [1.29, 1.82) is 0 Å². The number of carbonyl (C=O) groups is 1. The minimum Gasteiger partial charge on any atom is -0.393 e. The summed E-state index contributed by atoms with van der Waals surface area (Å²) in [5.41, 5.74) is 0.108. The van der Waals surface area contributed by atoms with Gasteiger partial charge in [-0.05, 0) is 134 Å². The fraction of sp³-hybridized carbons (Fsp3) is 0.911. The molecule has 5 aliphatic heterocycles. The highest BCUT2D eigenvalue weighted by Gasteiger charge is 2.63. The van der Waals surface area contributed by atoms with Crippen LogP contribution in [0.1, 0.15) is 114 Å². The van der Waals surface area contributed by atoms with Crippen molar-refractivity contribution in [3.63, 3.8) is 0 Å². The molecule has 0 bridgehead atoms. The van der Waals surface area contributed by atoms with E-state index in [1.54, 1.807) is 19.9 Å². The van der Waals surface area contributed by atoms with Crippen LogP contribution in [-0.2, 0) is 52.2 Å². The number of hydrogen-bond acceptors (Lipinski definition) is 24. The molecule has 8 fully saturated rings. The van der Waals surface area contributed by atoms with Gasteiger partial charge in [0.25, 0.3) is 0 Å². The lowest BCUT2D eigenvalue weighted by atomic mass is 9.47. The Labute approximate surface area is 466 Å². The molecule has 0 radical (unpaired) electrons. The molecule has 5 saturated heterocycles. The summed E-state index contributed by atoms with van der Waals surface area (Å²) in [6, 6.07) is 0. The first-order valence-electron chi connectivity index (χ1n) is 28.8. The first-order valence-corrected chi connectivity index (χ1v) is 28.8. The molecule has 33 atom stereocenters. The Morgan fingerprint density at radius 1 is 0.588 bits per heavy atom. The monoisotopic (exact) mass is 1150 g/mol. The van der Waals surface area contributed by atoms with Crippen LogP contribution in [0.2, 0.25) is 0 Å². The van der Waals surface area contributed by atoms with Gasteiger partial charge in [-0.15, -0.1) is 0 Å². The summed E-state index contributed by atoms with van der Waals surface area (Å²) < 4.78 is 61.4. The van der Waals surface area contributed by atoms with Gasteiger partial charge in [-0.2, -0.15) is 0 Å². The van der Waals surface area contributed by atoms with E-state index in [1.165, 1.54) is 26.3 Å². The van der Waals surface area contributed by atoms with Crippen LogP contribution in [0.5, 0.6) is 0 Å².